The first kappa shape index (κ1) is 35.8. The predicted molar refractivity (Wildman–Crippen MR) is 205 cm³/mol. The Morgan fingerprint density at radius 2 is 1.40 bits per heavy atom. The minimum atomic E-state index is -4.08. The zero-order valence-electron chi connectivity index (χ0n) is 27.3. The van der Waals surface area contributed by atoms with E-state index < -0.39 is 20.2 Å². The van der Waals surface area contributed by atoms with Crippen molar-refractivity contribution >= 4 is 65.3 Å². The monoisotopic (exact) mass is 745 g/mol. The molecular formula is C38H37N2O6S4+. The van der Waals surface area contributed by atoms with Gasteiger partial charge in [-0.2, -0.15) is 21.4 Å². The van der Waals surface area contributed by atoms with E-state index in [9.17, 15) is 25.9 Å². The van der Waals surface area contributed by atoms with E-state index in [1.165, 1.54) is 0 Å². The Hall–Kier alpha value is -4.04. The van der Waals surface area contributed by atoms with Crippen LogP contribution in [0.1, 0.15) is 24.8 Å². The van der Waals surface area contributed by atoms with Crippen molar-refractivity contribution < 1.29 is 30.5 Å². The molecule has 50 heavy (non-hydrogen) atoms. The molecule has 4 aromatic carbocycles. The number of allylic oxidation sites excluding steroid dienone is 4. The average molecular weight is 746 g/mol. The Morgan fingerprint density at radius 1 is 0.780 bits per heavy atom. The molecule has 12 heteroatoms. The molecule has 2 N–H and O–H groups in total. The van der Waals surface area contributed by atoms with Gasteiger partial charge in [0.15, 0.2) is 6.54 Å². The second-order valence-corrected chi connectivity index (χ2v) is 17.2. The van der Waals surface area contributed by atoms with Gasteiger partial charge in [0.2, 0.25) is 5.52 Å². The minimum absolute atomic E-state index is 0.268. The van der Waals surface area contributed by atoms with Crippen LogP contribution in [-0.4, -0.2) is 44.0 Å². The van der Waals surface area contributed by atoms with E-state index in [0.717, 1.165) is 58.7 Å². The SMILES string of the molecule is CC(/C=C/c1sc2ccc(-c3ccccc3)cc2[n+]1CCCS(=O)(=O)O)=C\C=C1/Sc2ccc(-c3ccccc3)cc2N1CCCS(=O)(=O)O. The summed E-state index contributed by atoms with van der Waals surface area (Å²) in [4.78, 5) is 3.17. The first-order valence-electron chi connectivity index (χ1n) is 16.1. The summed E-state index contributed by atoms with van der Waals surface area (Å²) in [6.07, 6.45) is 8.62. The summed E-state index contributed by atoms with van der Waals surface area (Å²) < 4.78 is 67.9. The van der Waals surface area contributed by atoms with Gasteiger partial charge in [0.25, 0.3) is 25.2 Å². The molecule has 1 aliphatic rings. The fraction of sp³-hybridized carbons (Fsp3) is 0.184. The van der Waals surface area contributed by atoms with Crippen molar-refractivity contribution in [3.05, 3.63) is 131 Å². The summed E-state index contributed by atoms with van der Waals surface area (Å²) in [7, 11) is -8.16. The van der Waals surface area contributed by atoms with Crippen molar-refractivity contribution in [2.45, 2.75) is 31.2 Å². The van der Waals surface area contributed by atoms with Gasteiger partial charge in [0.05, 0.1) is 22.2 Å². The number of aromatic nitrogens is 1. The van der Waals surface area contributed by atoms with Crippen molar-refractivity contribution in [2.24, 2.45) is 0 Å². The highest BCUT2D eigenvalue weighted by Gasteiger charge is 2.26. The fourth-order valence-electron chi connectivity index (χ4n) is 5.80. The van der Waals surface area contributed by atoms with Crippen molar-refractivity contribution in [1.29, 1.82) is 0 Å². The zero-order valence-corrected chi connectivity index (χ0v) is 30.6. The third-order valence-electron chi connectivity index (χ3n) is 8.22. The summed E-state index contributed by atoms with van der Waals surface area (Å²) in [5, 5.41) is 1.90. The number of thiazole rings is 1. The number of rotatable bonds is 13. The van der Waals surface area contributed by atoms with Crippen LogP contribution in [0.2, 0.25) is 0 Å². The Kier molecular flexibility index (Phi) is 11.1. The molecule has 6 rings (SSSR count). The molecule has 258 valence electrons. The second-order valence-electron chi connectivity index (χ2n) is 12.0. The van der Waals surface area contributed by atoms with Crippen molar-refractivity contribution in [1.82, 2.24) is 0 Å². The molecule has 0 saturated carbocycles. The zero-order chi connectivity index (χ0) is 35.3. The van der Waals surface area contributed by atoms with E-state index >= 15 is 0 Å². The molecule has 8 nitrogen and oxygen atoms in total. The molecule has 0 aliphatic carbocycles. The lowest BCUT2D eigenvalue weighted by Crippen LogP contribution is -2.36. The Labute approximate surface area is 301 Å². The maximum absolute atomic E-state index is 11.5. The van der Waals surface area contributed by atoms with Gasteiger partial charge >= 0.3 is 0 Å². The van der Waals surface area contributed by atoms with Crippen LogP contribution >= 0.6 is 23.1 Å². The molecule has 1 aromatic heterocycles. The smallest absolute Gasteiger partial charge is 0.265 e. The highest BCUT2D eigenvalue weighted by molar-refractivity contribution is 8.03. The summed E-state index contributed by atoms with van der Waals surface area (Å²) >= 11 is 3.23. The highest BCUT2D eigenvalue weighted by Crippen LogP contribution is 2.47. The van der Waals surface area contributed by atoms with Gasteiger partial charge in [-0.25, -0.2) is 0 Å². The van der Waals surface area contributed by atoms with Crippen LogP contribution in [0.3, 0.4) is 0 Å². The van der Waals surface area contributed by atoms with Crippen molar-refractivity contribution in [3.63, 3.8) is 0 Å². The van der Waals surface area contributed by atoms with E-state index in [-0.39, 0.29) is 24.3 Å². The molecule has 1 aliphatic heterocycles. The number of benzene rings is 4. The lowest BCUT2D eigenvalue weighted by Gasteiger charge is -2.20. The quantitative estimate of drug-likeness (QED) is 0.0701. The minimum Gasteiger partial charge on any atom is -0.335 e. The van der Waals surface area contributed by atoms with Crippen LogP contribution in [0.4, 0.5) is 5.69 Å². The van der Waals surface area contributed by atoms with Gasteiger partial charge in [-0.15, -0.1) is 0 Å². The lowest BCUT2D eigenvalue weighted by molar-refractivity contribution is -0.668. The summed E-state index contributed by atoms with van der Waals surface area (Å²) in [5.41, 5.74) is 7.25. The van der Waals surface area contributed by atoms with E-state index in [0.29, 0.717) is 13.1 Å². The third kappa shape index (κ3) is 9.19. The molecule has 0 spiro atoms. The van der Waals surface area contributed by atoms with Gasteiger partial charge in [0, 0.05) is 30.0 Å². The van der Waals surface area contributed by atoms with Gasteiger partial charge in [-0.05, 0) is 59.9 Å². The van der Waals surface area contributed by atoms with Crippen LogP contribution in [0.25, 0.3) is 38.5 Å². The van der Waals surface area contributed by atoms with E-state index in [1.807, 2.05) is 67.6 Å². The van der Waals surface area contributed by atoms with E-state index in [4.69, 9.17) is 0 Å². The molecule has 0 fully saturated rings. The molecular weight excluding hydrogens is 709 g/mol. The Balaban J connectivity index is 1.29. The van der Waals surface area contributed by atoms with E-state index in [1.54, 1.807) is 23.1 Å². The maximum atomic E-state index is 11.5. The number of fused-ring (bicyclic) bond motifs is 2. The standard InChI is InChI=1S/C38H36N2O6S4/c1-28(14-20-37-39(22-8-24-49(41,42)43)33-26-31(16-18-35(33)47-37)29-10-4-2-5-11-29)15-21-38-40(23-9-25-50(44,45)46)34-27-32(17-19-36(34)48-38)30-12-6-3-7-13-30/h2-7,10-21,26-27H,8-9,22-25H2,1H3,(H-,41,42,43,44,45,46)/p+1. The topological polar surface area (TPSA) is 116 Å². The predicted octanol–water partition coefficient (Wildman–Crippen LogP) is 8.49. The van der Waals surface area contributed by atoms with Gasteiger partial charge < -0.3 is 4.90 Å². The molecule has 0 radical (unpaired) electrons. The van der Waals surface area contributed by atoms with E-state index in [2.05, 4.69) is 70.1 Å². The number of thioether (sulfide) groups is 1. The van der Waals surface area contributed by atoms with Gasteiger partial charge in [-0.3, -0.25) is 9.11 Å². The third-order valence-corrected chi connectivity index (χ3v) is 12.1. The maximum Gasteiger partial charge on any atom is 0.265 e. The summed E-state index contributed by atoms with van der Waals surface area (Å²) in [6, 6.07) is 32.7. The molecule has 2 heterocycles. The number of aryl methyl sites for hydroxylation is 1. The lowest BCUT2D eigenvalue weighted by atomic mass is 10.0. The normalized spacial score (nSPS) is 14.7. The summed E-state index contributed by atoms with van der Waals surface area (Å²) in [5.74, 6) is -0.641. The first-order valence-corrected chi connectivity index (χ1v) is 20.9. The first-order chi connectivity index (χ1) is 23.9. The van der Waals surface area contributed by atoms with Crippen LogP contribution < -0.4 is 9.47 Å². The molecule has 0 unspecified atom stereocenters. The van der Waals surface area contributed by atoms with Gasteiger partial charge in [-0.1, -0.05) is 114 Å². The van der Waals surface area contributed by atoms with Crippen molar-refractivity contribution in [3.8, 4) is 22.3 Å². The molecule has 5 aromatic rings. The van der Waals surface area contributed by atoms with Crippen molar-refractivity contribution in [2.75, 3.05) is 23.0 Å². The molecule has 0 atom stereocenters. The number of nitrogens with zero attached hydrogens (tertiary/aromatic N) is 2. The second kappa shape index (κ2) is 15.5. The molecule has 0 bridgehead atoms. The highest BCUT2D eigenvalue weighted by atomic mass is 32.2. The van der Waals surface area contributed by atoms with Crippen LogP contribution in [-0.2, 0) is 26.8 Å². The molecule has 0 amide bonds. The van der Waals surface area contributed by atoms with Crippen LogP contribution in [0.5, 0.6) is 0 Å². The number of hydrogen-bond donors (Lipinski definition) is 2. The number of hydrogen-bond acceptors (Lipinski definition) is 7. The Bertz CT molecular complexity index is 2320. The van der Waals surface area contributed by atoms with Gasteiger partial charge in [0.1, 0.15) is 4.70 Å². The number of anilines is 1. The Morgan fingerprint density at radius 3 is 2.06 bits per heavy atom. The van der Waals surface area contributed by atoms with Crippen LogP contribution in [0, 0.1) is 0 Å². The molecule has 0 saturated heterocycles. The average Bonchev–Trinajstić information content (AvgIpc) is 3.62. The largest absolute Gasteiger partial charge is 0.335 e. The summed E-state index contributed by atoms with van der Waals surface area (Å²) in [6.45, 7) is 2.84. The fourth-order valence-corrected chi connectivity index (χ4v) is 8.93. The van der Waals surface area contributed by atoms with Crippen LogP contribution in [0.15, 0.2) is 131 Å².